The van der Waals surface area contributed by atoms with Crippen LogP contribution in [-0.4, -0.2) is 18.4 Å². The molecular formula is C23H43O3P. The van der Waals surface area contributed by atoms with Crippen molar-refractivity contribution in [3.05, 3.63) is 0 Å². The zero-order valence-corrected chi connectivity index (χ0v) is 19.7. The highest BCUT2D eigenvalue weighted by Gasteiger charge is 2.64. The van der Waals surface area contributed by atoms with Crippen molar-refractivity contribution in [3.8, 4) is 0 Å². The van der Waals surface area contributed by atoms with Crippen molar-refractivity contribution >= 4 is 7.60 Å². The first-order valence-electron chi connectivity index (χ1n) is 11.4. The summed E-state index contributed by atoms with van der Waals surface area (Å²) in [6.07, 6.45) is 9.64. The lowest BCUT2D eigenvalue weighted by atomic mass is 9.63. The van der Waals surface area contributed by atoms with E-state index in [2.05, 4.69) is 20.8 Å². The molecule has 3 rings (SSSR count). The maximum absolute atomic E-state index is 13.2. The van der Waals surface area contributed by atoms with Gasteiger partial charge in [0, 0.05) is 0 Å². The molecule has 0 radical (unpaired) electrons. The van der Waals surface area contributed by atoms with Crippen LogP contribution in [0.5, 0.6) is 0 Å². The zero-order chi connectivity index (χ0) is 20.0. The molecule has 158 valence electrons. The second kappa shape index (κ2) is 7.77. The summed E-state index contributed by atoms with van der Waals surface area (Å²) in [4.78, 5) is 0. The van der Waals surface area contributed by atoms with E-state index < -0.39 is 7.60 Å². The summed E-state index contributed by atoms with van der Waals surface area (Å²) >= 11 is 0. The summed E-state index contributed by atoms with van der Waals surface area (Å²) in [6.45, 7) is 15.4. The first-order valence-corrected chi connectivity index (χ1v) is 13.2. The van der Waals surface area contributed by atoms with Crippen molar-refractivity contribution in [3.63, 3.8) is 0 Å². The van der Waals surface area contributed by atoms with E-state index in [0.29, 0.717) is 17.0 Å². The van der Waals surface area contributed by atoms with Gasteiger partial charge >= 0.3 is 7.60 Å². The van der Waals surface area contributed by atoms with Gasteiger partial charge in [0.05, 0.1) is 18.4 Å². The standard InChI is InChI=1S/C23H43O3P/c1-16(2)25-27(24,26-17(3)4)15-8-10-19-18-11-12-20-21(18)22(5,6)13-9-14-23(19,20)7/h16-21H,8-15H2,1-7H3/t18-,19+,20-,21+,23-/m1/s1. The zero-order valence-electron chi connectivity index (χ0n) is 18.8. The van der Waals surface area contributed by atoms with Gasteiger partial charge in [0.15, 0.2) is 0 Å². The number of hydrogen-bond acceptors (Lipinski definition) is 3. The summed E-state index contributed by atoms with van der Waals surface area (Å²) in [5.74, 6) is 3.50. The van der Waals surface area contributed by atoms with E-state index in [1.54, 1.807) is 0 Å². The molecular weight excluding hydrogens is 355 g/mol. The van der Waals surface area contributed by atoms with Gasteiger partial charge < -0.3 is 9.05 Å². The van der Waals surface area contributed by atoms with Crippen LogP contribution in [0.25, 0.3) is 0 Å². The summed E-state index contributed by atoms with van der Waals surface area (Å²) in [5, 5.41) is 0. The molecule has 3 saturated carbocycles. The Morgan fingerprint density at radius 2 is 1.63 bits per heavy atom. The molecule has 0 saturated heterocycles. The molecule has 3 aliphatic carbocycles. The molecule has 0 aliphatic heterocycles. The van der Waals surface area contributed by atoms with E-state index in [1.807, 2.05) is 27.7 Å². The maximum atomic E-state index is 13.2. The fourth-order valence-electron chi connectivity index (χ4n) is 7.39. The Labute approximate surface area is 167 Å². The summed E-state index contributed by atoms with van der Waals surface area (Å²) in [5.41, 5.74) is 0.998. The maximum Gasteiger partial charge on any atom is 0.331 e. The molecule has 0 spiro atoms. The van der Waals surface area contributed by atoms with Crippen LogP contribution in [0.2, 0.25) is 0 Å². The van der Waals surface area contributed by atoms with Gasteiger partial charge in [-0.15, -0.1) is 0 Å². The van der Waals surface area contributed by atoms with Gasteiger partial charge in [-0.05, 0) is 101 Å². The highest BCUT2D eigenvalue weighted by molar-refractivity contribution is 7.53. The van der Waals surface area contributed by atoms with Crippen molar-refractivity contribution < 1.29 is 13.6 Å². The Morgan fingerprint density at radius 3 is 2.22 bits per heavy atom. The second-order valence-corrected chi connectivity index (χ2v) is 13.2. The van der Waals surface area contributed by atoms with Crippen LogP contribution < -0.4 is 0 Å². The van der Waals surface area contributed by atoms with Crippen LogP contribution in [0, 0.1) is 34.5 Å². The van der Waals surface area contributed by atoms with E-state index in [-0.39, 0.29) is 12.2 Å². The van der Waals surface area contributed by atoms with Crippen molar-refractivity contribution in [2.75, 3.05) is 6.16 Å². The van der Waals surface area contributed by atoms with E-state index in [1.165, 1.54) is 38.5 Å². The summed E-state index contributed by atoms with van der Waals surface area (Å²) < 4.78 is 24.7. The Morgan fingerprint density at radius 1 is 1.00 bits per heavy atom. The molecule has 0 aromatic rings. The third kappa shape index (κ3) is 4.22. The van der Waals surface area contributed by atoms with E-state index in [4.69, 9.17) is 9.05 Å². The minimum atomic E-state index is -2.99. The average molecular weight is 399 g/mol. The predicted molar refractivity (Wildman–Crippen MR) is 113 cm³/mol. The summed E-state index contributed by atoms with van der Waals surface area (Å²) in [7, 11) is -2.99. The van der Waals surface area contributed by atoms with Gasteiger partial charge in [0.25, 0.3) is 0 Å². The molecule has 3 aliphatic rings. The van der Waals surface area contributed by atoms with Crippen LogP contribution in [0.4, 0.5) is 0 Å². The van der Waals surface area contributed by atoms with E-state index in [9.17, 15) is 4.57 Å². The van der Waals surface area contributed by atoms with Gasteiger partial charge in [-0.1, -0.05) is 27.2 Å². The second-order valence-electron chi connectivity index (χ2n) is 11.1. The molecule has 0 aromatic carbocycles. The Hall–Kier alpha value is 0.150. The van der Waals surface area contributed by atoms with Gasteiger partial charge in [-0.3, -0.25) is 4.57 Å². The minimum absolute atomic E-state index is 0.0573. The van der Waals surface area contributed by atoms with Crippen LogP contribution in [0.1, 0.15) is 93.4 Å². The van der Waals surface area contributed by atoms with Gasteiger partial charge in [0.1, 0.15) is 0 Å². The van der Waals surface area contributed by atoms with E-state index >= 15 is 0 Å². The monoisotopic (exact) mass is 398 g/mol. The number of hydrogen-bond donors (Lipinski definition) is 0. The molecule has 0 unspecified atom stereocenters. The highest BCUT2D eigenvalue weighted by atomic mass is 31.2. The van der Waals surface area contributed by atoms with Crippen molar-refractivity contribution in [2.24, 2.45) is 34.5 Å². The van der Waals surface area contributed by atoms with Crippen LogP contribution in [0.15, 0.2) is 0 Å². The van der Waals surface area contributed by atoms with Crippen molar-refractivity contribution in [1.82, 2.24) is 0 Å². The number of rotatable bonds is 8. The fourth-order valence-corrected chi connectivity index (χ4v) is 9.51. The lowest BCUT2D eigenvalue weighted by molar-refractivity contribution is 0.0774. The van der Waals surface area contributed by atoms with Crippen LogP contribution in [0.3, 0.4) is 0 Å². The quantitative estimate of drug-likeness (QED) is 0.402. The molecule has 4 heteroatoms. The molecule has 0 N–H and O–H groups in total. The van der Waals surface area contributed by atoms with Gasteiger partial charge in [-0.2, -0.15) is 0 Å². The van der Waals surface area contributed by atoms with Crippen molar-refractivity contribution in [1.29, 1.82) is 0 Å². The minimum Gasteiger partial charge on any atom is -0.306 e. The predicted octanol–water partition coefficient (Wildman–Crippen LogP) is 7.30. The third-order valence-electron chi connectivity index (χ3n) is 8.05. The van der Waals surface area contributed by atoms with Gasteiger partial charge in [-0.25, -0.2) is 0 Å². The fraction of sp³-hybridized carbons (Fsp3) is 1.00. The van der Waals surface area contributed by atoms with Gasteiger partial charge in [0.2, 0.25) is 0 Å². The molecule has 3 fully saturated rings. The Balaban J connectivity index is 1.68. The molecule has 3 nitrogen and oxygen atoms in total. The molecule has 27 heavy (non-hydrogen) atoms. The van der Waals surface area contributed by atoms with Crippen LogP contribution >= 0.6 is 7.60 Å². The smallest absolute Gasteiger partial charge is 0.306 e. The van der Waals surface area contributed by atoms with E-state index in [0.717, 1.165) is 30.1 Å². The third-order valence-corrected chi connectivity index (χ3v) is 10.4. The topological polar surface area (TPSA) is 35.5 Å². The highest BCUT2D eigenvalue weighted by Crippen LogP contribution is 2.71. The molecule has 0 aromatic heterocycles. The SMILES string of the molecule is CC(C)OP(=O)(CCC[C@H]1[C@H]2CC[C@@H]3[C@H]2C(C)(C)CCC[C@@]31C)OC(C)C. The Kier molecular flexibility index (Phi) is 6.28. The molecule has 0 heterocycles. The average Bonchev–Trinajstić information content (AvgIpc) is 2.99. The Bertz CT molecular complexity index is 556. The first kappa shape index (κ1) is 21.8. The first-order chi connectivity index (χ1) is 12.5. The normalized spacial score (nSPS) is 38.0. The molecule has 0 amide bonds. The van der Waals surface area contributed by atoms with Crippen molar-refractivity contribution in [2.45, 2.75) is 106 Å². The lowest BCUT2D eigenvalue weighted by Crippen LogP contribution is -2.33. The summed E-state index contributed by atoms with van der Waals surface area (Å²) in [6, 6.07) is 0. The largest absolute Gasteiger partial charge is 0.331 e. The van der Waals surface area contributed by atoms with Crippen LogP contribution in [-0.2, 0) is 13.6 Å². The lowest BCUT2D eigenvalue weighted by Gasteiger charge is -2.42. The molecule has 5 atom stereocenters. The molecule has 4 bridgehead atoms.